The molecule has 2 heterocycles. The molecule has 1 N–H and O–H groups in total. The van der Waals surface area contributed by atoms with Crippen molar-refractivity contribution >= 4 is 41.3 Å². The SMILES string of the molecule is CN=C(NCc1ccc(Oc2cccc(OC)c2)nc1)N(C)CCc1cccs1.I. The lowest BCUT2D eigenvalue weighted by atomic mass is 10.3. The number of halogens is 1. The minimum Gasteiger partial charge on any atom is -0.497 e. The zero-order valence-corrected chi connectivity index (χ0v) is 20.5. The third-order valence-electron chi connectivity index (χ3n) is 4.36. The van der Waals surface area contributed by atoms with Crippen LogP contribution in [0.2, 0.25) is 0 Å². The summed E-state index contributed by atoms with van der Waals surface area (Å²) in [6.07, 6.45) is 2.81. The summed E-state index contributed by atoms with van der Waals surface area (Å²) in [5.41, 5.74) is 1.05. The van der Waals surface area contributed by atoms with E-state index in [1.807, 2.05) is 43.4 Å². The largest absolute Gasteiger partial charge is 0.497 e. The van der Waals surface area contributed by atoms with Crippen molar-refractivity contribution < 1.29 is 9.47 Å². The van der Waals surface area contributed by atoms with Gasteiger partial charge in [-0.1, -0.05) is 18.2 Å². The summed E-state index contributed by atoms with van der Waals surface area (Å²) in [5, 5.41) is 5.49. The van der Waals surface area contributed by atoms with E-state index in [0.29, 0.717) is 18.2 Å². The van der Waals surface area contributed by atoms with Crippen molar-refractivity contribution in [3.8, 4) is 17.4 Å². The Morgan fingerprint density at radius 2 is 2.00 bits per heavy atom. The zero-order chi connectivity index (χ0) is 20.5. The predicted octanol–water partition coefficient (Wildman–Crippen LogP) is 4.81. The van der Waals surface area contributed by atoms with E-state index in [9.17, 15) is 0 Å². The van der Waals surface area contributed by atoms with Crippen molar-refractivity contribution in [3.05, 3.63) is 70.5 Å². The first kappa shape index (κ1) is 23.9. The van der Waals surface area contributed by atoms with Crippen molar-refractivity contribution in [2.24, 2.45) is 4.99 Å². The van der Waals surface area contributed by atoms with Crippen molar-refractivity contribution in [2.75, 3.05) is 27.7 Å². The maximum atomic E-state index is 5.79. The number of thiophene rings is 1. The maximum Gasteiger partial charge on any atom is 0.219 e. The molecule has 30 heavy (non-hydrogen) atoms. The van der Waals surface area contributed by atoms with Gasteiger partial charge in [-0.3, -0.25) is 4.99 Å². The summed E-state index contributed by atoms with van der Waals surface area (Å²) in [6.45, 7) is 1.55. The molecule has 0 amide bonds. The van der Waals surface area contributed by atoms with Gasteiger partial charge in [-0.25, -0.2) is 4.98 Å². The Hall–Kier alpha value is -2.33. The number of aromatic nitrogens is 1. The third-order valence-corrected chi connectivity index (χ3v) is 5.30. The van der Waals surface area contributed by atoms with Gasteiger partial charge in [0.1, 0.15) is 11.5 Å². The van der Waals surface area contributed by atoms with Crippen molar-refractivity contribution in [1.82, 2.24) is 15.2 Å². The number of hydrogen-bond donors (Lipinski definition) is 1. The molecule has 2 aromatic heterocycles. The lowest BCUT2D eigenvalue weighted by Crippen LogP contribution is -2.39. The number of pyridine rings is 1. The van der Waals surface area contributed by atoms with Gasteiger partial charge in [-0.05, 0) is 35.6 Å². The summed E-state index contributed by atoms with van der Waals surface area (Å²) in [6, 6.07) is 15.6. The summed E-state index contributed by atoms with van der Waals surface area (Å²) >= 11 is 1.78. The van der Waals surface area contributed by atoms with E-state index in [-0.39, 0.29) is 24.0 Å². The molecule has 0 atom stereocenters. The number of hydrogen-bond acceptors (Lipinski definition) is 5. The Labute approximate surface area is 199 Å². The summed E-state index contributed by atoms with van der Waals surface area (Å²) in [5.74, 6) is 2.84. The number of nitrogens with one attached hydrogen (secondary N) is 1. The van der Waals surface area contributed by atoms with E-state index < -0.39 is 0 Å². The van der Waals surface area contributed by atoms with Gasteiger partial charge < -0.3 is 19.7 Å². The second kappa shape index (κ2) is 12.4. The number of guanidine groups is 1. The highest BCUT2D eigenvalue weighted by Crippen LogP contribution is 2.23. The highest BCUT2D eigenvalue weighted by atomic mass is 127. The Morgan fingerprint density at radius 1 is 1.17 bits per heavy atom. The van der Waals surface area contributed by atoms with Crippen LogP contribution in [0.4, 0.5) is 0 Å². The van der Waals surface area contributed by atoms with Crippen LogP contribution in [0.5, 0.6) is 17.4 Å². The topological polar surface area (TPSA) is 59.0 Å². The molecule has 160 valence electrons. The Bertz CT molecular complexity index is 917. The molecule has 0 unspecified atom stereocenters. The number of nitrogens with zero attached hydrogens (tertiary/aromatic N) is 3. The molecule has 0 aliphatic carbocycles. The van der Waals surface area contributed by atoms with Crippen molar-refractivity contribution in [1.29, 1.82) is 0 Å². The van der Waals surface area contributed by atoms with Crippen LogP contribution in [-0.2, 0) is 13.0 Å². The predicted molar refractivity (Wildman–Crippen MR) is 134 cm³/mol. The van der Waals surface area contributed by atoms with Crippen LogP contribution < -0.4 is 14.8 Å². The van der Waals surface area contributed by atoms with E-state index in [4.69, 9.17) is 9.47 Å². The van der Waals surface area contributed by atoms with Crippen LogP contribution in [0.25, 0.3) is 0 Å². The normalized spacial score (nSPS) is 10.8. The molecule has 0 aliphatic heterocycles. The lowest BCUT2D eigenvalue weighted by molar-refractivity contribution is 0.407. The van der Waals surface area contributed by atoms with E-state index >= 15 is 0 Å². The second-order valence-electron chi connectivity index (χ2n) is 6.44. The molecule has 0 spiro atoms. The number of ether oxygens (including phenoxy) is 2. The number of rotatable bonds is 8. The second-order valence-corrected chi connectivity index (χ2v) is 7.47. The van der Waals surface area contributed by atoms with Gasteiger partial charge in [0.25, 0.3) is 0 Å². The molecule has 0 saturated carbocycles. The van der Waals surface area contributed by atoms with Gasteiger partial charge in [-0.2, -0.15) is 0 Å². The quantitative estimate of drug-likeness (QED) is 0.254. The minimum atomic E-state index is 0. The molecule has 0 saturated heterocycles. The van der Waals surface area contributed by atoms with Crippen LogP contribution in [0.3, 0.4) is 0 Å². The van der Waals surface area contributed by atoms with Crippen LogP contribution in [0, 0.1) is 0 Å². The van der Waals surface area contributed by atoms with Gasteiger partial charge in [0, 0.05) is 50.4 Å². The number of likely N-dealkylation sites (N-methyl/N-ethyl adjacent to an activating group) is 1. The lowest BCUT2D eigenvalue weighted by Gasteiger charge is -2.21. The minimum absolute atomic E-state index is 0. The van der Waals surface area contributed by atoms with Crippen molar-refractivity contribution in [3.63, 3.8) is 0 Å². The molecular weight excluding hydrogens is 511 g/mol. The van der Waals surface area contributed by atoms with Gasteiger partial charge in [-0.15, -0.1) is 35.3 Å². The number of benzene rings is 1. The monoisotopic (exact) mass is 538 g/mol. The summed E-state index contributed by atoms with van der Waals surface area (Å²) < 4.78 is 11.0. The van der Waals surface area contributed by atoms with Crippen LogP contribution in [0.1, 0.15) is 10.4 Å². The first-order valence-electron chi connectivity index (χ1n) is 9.39. The Morgan fingerprint density at radius 3 is 2.67 bits per heavy atom. The average Bonchev–Trinajstić information content (AvgIpc) is 3.27. The molecule has 0 radical (unpaired) electrons. The average molecular weight is 538 g/mol. The highest BCUT2D eigenvalue weighted by molar-refractivity contribution is 14.0. The van der Waals surface area contributed by atoms with E-state index in [1.54, 1.807) is 31.7 Å². The molecule has 0 aliphatic rings. The van der Waals surface area contributed by atoms with Gasteiger partial charge in [0.05, 0.1) is 7.11 Å². The maximum absolute atomic E-state index is 5.79. The molecular formula is C22H27IN4O2S. The fraction of sp³-hybridized carbons (Fsp3) is 0.273. The van der Waals surface area contributed by atoms with Crippen molar-refractivity contribution in [2.45, 2.75) is 13.0 Å². The Balaban J connectivity index is 0.00000320. The smallest absolute Gasteiger partial charge is 0.219 e. The molecule has 0 fully saturated rings. The molecule has 6 nitrogen and oxygen atoms in total. The van der Waals surface area contributed by atoms with E-state index in [1.165, 1.54) is 4.88 Å². The van der Waals surface area contributed by atoms with E-state index in [2.05, 4.69) is 37.7 Å². The fourth-order valence-electron chi connectivity index (χ4n) is 2.77. The molecule has 3 rings (SSSR count). The summed E-state index contributed by atoms with van der Waals surface area (Å²) in [4.78, 5) is 12.3. The standard InChI is InChI=1S/C22H26N4O2S.HI/c1-23-22(26(2)12-11-20-8-5-13-29-20)25-16-17-9-10-21(24-15-17)28-19-7-4-6-18(14-19)27-3;/h4-10,13-15H,11-12,16H2,1-3H3,(H,23,25);1H. The fourth-order valence-corrected chi connectivity index (χ4v) is 3.46. The van der Waals surface area contributed by atoms with Crippen LogP contribution in [0.15, 0.2) is 65.1 Å². The summed E-state index contributed by atoms with van der Waals surface area (Å²) in [7, 11) is 5.48. The first-order valence-corrected chi connectivity index (χ1v) is 10.3. The van der Waals surface area contributed by atoms with Crippen LogP contribution in [-0.4, -0.2) is 43.6 Å². The number of methoxy groups -OCH3 is 1. The highest BCUT2D eigenvalue weighted by Gasteiger charge is 2.07. The Kier molecular flexibility index (Phi) is 9.88. The number of aliphatic imine (C=N–C) groups is 1. The third kappa shape index (κ3) is 7.17. The van der Waals surface area contributed by atoms with Gasteiger partial charge in [0.2, 0.25) is 5.88 Å². The van der Waals surface area contributed by atoms with Gasteiger partial charge >= 0.3 is 0 Å². The van der Waals surface area contributed by atoms with Crippen LogP contribution >= 0.6 is 35.3 Å². The molecule has 3 aromatic rings. The first-order chi connectivity index (χ1) is 14.2. The zero-order valence-electron chi connectivity index (χ0n) is 17.4. The van der Waals surface area contributed by atoms with Gasteiger partial charge in [0.15, 0.2) is 5.96 Å². The van der Waals surface area contributed by atoms with E-state index in [0.717, 1.165) is 30.2 Å². The molecule has 0 bridgehead atoms. The molecule has 1 aromatic carbocycles. The molecule has 8 heteroatoms.